The third kappa shape index (κ3) is 5.98. The summed E-state index contributed by atoms with van der Waals surface area (Å²) in [4.78, 5) is 13.9. The maximum atomic E-state index is 13.9. The molecular formula is C28H32O17. The number of fused-ring (bicyclic) bond motifs is 1. The zero-order valence-corrected chi connectivity index (χ0v) is 23.4. The Morgan fingerprint density at radius 1 is 0.756 bits per heavy atom. The fourth-order valence-electron chi connectivity index (χ4n) is 5.08. The molecule has 4 unspecified atom stereocenters. The first-order valence-corrected chi connectivity index (χ1v) is 13.5. The van der Waals surface area contributed by atoms with Crippen LogP contribution in [0.25, 0.3) is 22.3 Å². The van der Waals surface area contributed by atoms with Gasteiger partial charge in [-0.15, -0.1) is 0 Å². The maximum Gasteiger partial charge on any atom is 0.239 e. The van der Waals surface area contributed by atoms with Crippen LogP contribution in [0.4, 0.5) is 0 Å². The van der Waals surface area contributed by atoms with Crippen LogP contribution >= 0.6 is 0 Å². The number of phenols is 3. The van der Waals surface area contributed by atoms with E-state index in [1.54, 1.807) is 0 Å². The maximum absolute atomic E-state index is 13.9. The van der Waals surface area contributed by atoms with E-state index in [0.29, 0.717) is 0 Å². The standard InChI is InChI=1S/C28H32O17/c1-40-10-5-13(33)17-14(6-10)41-24(9-2-3-11(31)12(32)4-9)25(20(17)36)44-28-26(22(38)19(35)16(8-30)43-28)45-27-23(39)21(37)18(34)15(7-29)42-27/h2-6,15-16,18-19,21-23,26-35,37-39H,7-8H2,1H3/t15-,16-,18-,19-,21+,22+,23?,26?,27?,28?/m1/s1. The molecule has 2 saturated heterocycles. The minimum atomic E-state index is -1.96. The quantitative estimate of drug-likeness (QED) is 0.115. The van der Waals surface area contributed by atoms with E-state index in [1.165, 1.54) is 19.2 Å². The molecule has 3 aromatic rings. The van der Waals surface area contributed by atoms with Gasteiger partial charge in [0.2, 0.25) is 17.5 Å². The summed E-state index contributed by atoms with van der Waals surface area (Å²) < 4.78 is 33.5. The second-order valence-corrected chi connectivity index (χ2v) is 10.4. The van der Waals surface area contributed by atoms with Crippen molar-refractivity contribution < 1.29 is 79.2 Å². The van der Waals surface area contributed by atoms with Crippen molar-refractivity contribution in [1.29, 1.82) is 0 Å². The van der Waals surface area contributed by atoms with Gasteiger partial charge in [-0.3, -0.25) is 4.79 Å². The topological polar surface area (TPSA) is 279 Å². The zero-order chi connectivity index (χ0) is 32.7. The zero-order valence-electron chi connectivity index (χ0n) is 23.4. The molecule has 2 fully saturated rings. The number of ether oxygens (including phenoxy) is 5. The van der Waals surface area contributed by atoms with E-state index in [2.05, 4.69) is 0 Å². The SMILES string of the molecule is COc1cc(O)c2c(=O)c(OC3O[C@H](CO)[C@@H](O)[C@H](O)C3OC3O[C@H](CO)[C@@H](O)[C@H](O)C3O)c(-c3ccc(O)c(O)c3)oc2c1. The fourth-order valence-corrected chi connectivity index (χ4v) is 5.08. The van der Waals surface area contributed by atoms with Crippen molar-refractivity contribution >= 4 is 11.0 Å². The van der Waals surface area contributed by atoms with Gasteiger partial charge in [0.15, 0.2) is 29.7 Å². The summed E-state index contributed by atoms with van der Waals surface area (Å²) in [6.07, 6.45) is -17.9. The Morgan fingerprint density at radius 2 is 1.40 bits per heavy atom. The Hall–Kier alpha value is -3.75. The van der Waals surface area contributed by atoms with Gasteiger partial charge in [-0.1, -0.05) is 0 Å². The molecule has 3 heterocycles. The predicted molar refractivity (Wildman–Crippen MR) is 146 cm³/mol. The molecule has 10 N–H and O–H groups in total. The summed E-state index contributed by atoms with van der Waals surface area (Å²) in [5.74, 6) is -2.65. The number of hydrogen-bond donors (Lipinski definition) is 10. The highest BCUT2D eigenvalue weighted by atomic mass is 16.8. The number of aliphatic hydroxyl groups excluding tert-OH is 7. The van der Waals surface area contributed by atoms with Crippen LogP contribution in [-0.2, 0) is 14.2 Å². The smallest absolute Gasteiger partial charge is 0.239 e. The number of aliphatic hydroxyl groups is 7. The second kappa shape index (κ2) is 12.9. The summed E-state index contributed by atoms with van der Waals surface area (Å²) in [5.41, 5.74) is -1.22. The van der Waals surface area contributed by atoms with Crippen LogP contribution < -0.4 is 14.9 Å². The molecule has 1 aromatic heterocycles. The molecule has 0 bridgehead atoms. The van der Waals surface area contributed by atoms with E-state index in [0.717, 1.165) is 18.2 Å². The Balaban J connectivity index is 1.62. The van der Waals surface area contributed by atoms with Crippen LogP contribution in [0, 0.1) is 0 Å². The normalized spacial score (nSPS) is 32.0. The summed E-state index contributed by atoms with van der Waals surface area (Å²) in [6, 6.07) is 5.79. The van der Waals surface area contributed by atoms with E-state index in [9.17, 15) is 55.9 Å². The van der Waals surface area contributed by atoms with E-state index >= 15 is 0 Å². The van der Waals surface area contributed by atoms with Crippen LogP contribution in [0.3, 0.4) is 0 Å². The number of hydrogen-bond acceptors (Lipinski definition) is 17. The van der Waals surface area contributed by atoms with E-state index in [4.69, 9.17) is 28.1 Å². The fraction of sp³-hybridized carbons (Fsp3) is 0.464. The molecule has 0 radical (unpaired) electrons. The highest BCUT2D eigenvalue weighted by Gasteiger charge is 2.51. The highest BCUT2D eigenvalue weighted by molar-refractivity contribution is 5.88. The molecule has 17 heteroatoms. The molecule has 17 nitrogen and oxygen atoms in total. The lowest BCUT2D eigenvalue weighted by Gasteiger charge is -2.45. The van der Waals surface area contributed by atoms with Gasteiger partial charge in [0.25, 0.3) is 0 Å². The molecule has 2 aliphatic heterocycles. The molecule has 5 rings (SSSR count). The van der Waals surface area contributed by atoms with Crippen molar-refractivity contribution in [2.75, 3.05) is 20.3 Å². The Morgan fingerprint density at radius 3 is 2.02 bits per heavy atom. The molecule has 0 saturated carbocycles. The third-order valence-electron chi connectivity index (χ3n) is 7.58. The average molecular weight is 641 g/mol. The number of methoxy groups -OCH3 is 1. The van der Waals surface area contributed by atoms with Gasteiger partial charge in [-0.25, -0.2) is 0 Å². The molecule has 45 heavy (non-hydrogen) atoms. The van der Waals surface area contributed by atoms with Crippen LogP contribution in [0.5, 0.6) is 28.7 Å². The number of benzene rings is 2. The first-order valence-electron chi connectivity index (χ1n) is 13.5. The second-order valence-electron chi connectivity index (χ2n) is 10.4. The van der Waals surface area contributed by atoms with Crippen molar-refractivity contribution in [3.05, 3.63) is 40.6 Å². The first kappa shape index (κ1) is 32.6. The van der Waals surface area contributed by atoms with Gasteiger partial charge < -0.3 is 79.2 Å². The number of phenolic OH excluding ortho intramolecular Hbond substituents is 3. The lowest BCUT2D eigenvalue weighted by molar-refractivity contribution is -0.358. The number of rotatable bonds is 8. The van der Waals surface area contributed by atoms with Crippen molar-refractivity contribution in [2.45, 2.75) is 61.4 Å². The Labute approximate surface area is 252 Å². The van der Waals surface area contributed by atoms with E-state index in [1.807, 2.05) is 0 Å². The summed E-state index contributed by atoms with van der Waals surface area (Å²) in [6.45, 7) is -1.66. The largest absolute Gasteiger partial charge is 0.507 e. The first-order chi connectivity index (χ1) is 21.4. The third-order valence-corrected chi connectivity index (χ3v) is 7.58. The number of aromatic hydroxyl groups is 3. The van der Waals surface area contributed by atoms with Gasteiger partial charge >= 0.3 is 0 Å². The van der Waals surface area contributed by atoms with Crippen LogP contribution in [-0.4, -0.2) is 133 Å². The van der Waals surface area contributed by atoms with Gasteiger partial charge in [0, 0.05) is 17.7 Å². The molecule has 246 valence electrons. The van der Waals surface area contributed by atoms with Gasteiger partial charge in [-0.05, 0) is 18.2 Å². The molecule has 0 amide bonds. The summed E-state index contributed by atoms with van der Waals surface area (Å²) in [7, 11) is 1.31. The van der Waals surface area contributed by atoms with Crippen LogP contribution in [0.1, 0.15) is 0 Å². The van der Waals surface area contributed by atoms with Crippen molar-refractivity contribution in [1.82, 2.24) is 0 Å². The van der Waals surface area contributed by atoms with E-state index < -0.39 is 103 Å². The monoisotopic (exact) mass is 640 g/mol. The van der Waals surface area contributed by atoms with Crippen molar-refractivity contribution in [3.8, 4) is 40.1 Å². The molecule has 0 spiro atoms. The van der Waals surface area contributed by atoms with Gasteiger partial charge in [0.1, 0.15) is 65.2 Å². The van der Waals surface area contributed by atoms with Gasteiger partial charge in [0.05, 0.1) is 20.3 Å². The molecule has 2 aromatic carbocycles. The molecule has 0 aliphatic carbocycles. The lowest BCUT2D eigenvalue weighted by Crippen LogP contribution is -2.65. The summed E-state index contributed by atoms with van der Waals surface area (Å²) >= 11 is 0. The Bertz CT molecular complexity index is 1570. The van der Waals surface area contributed by atoms with E-state index in [-0.39, 0.29) is 28.0 Å². The average Bonchev–Trinajstić information content (AvgIpc) is 3.02. The molecule has 2 aliphatic rings. The predicted octanol–water partition coefficient (Wildman–Crippen LogP) is -2.41. The Kier molecular flexibility index (Phi) is 9.38. The minimum Gasteiger partial charge on any atom is -0.507 e. The van der Waals surface area contributed by atoms with Gasteiger partial charge in [-0.2, -0.15) is 0 Å². The molecular weight excluding hydrogens is 608 g/mol. The lowest BCUT2D eigenvalue weighted by atomic mass is 9.97. The van der Waals surface area contributed by atoms with Crippen LogP contribution in [0.15, 0.2) is 39.5 Å². The molecule has 10 atom stereocenters. The van der Waals surface area contributed by atoms with Crippen molar-refractivity contribution in [3.63, 3.8) is 0 Å². The van der Waals surface area contributed by atoms with Crippen molar-refractivity contribution in [2.24, 2.45) is 0 Å². The van der Waals surface area contributed by atoms with Crippen LogP contribution in [0.2, 0.25) is 0 Å². The minimum absolute atomic E-state index is 0.0249. The summed E-state index contributed by atoms with van der Waals surface area (Å²) in [5, 5.41) is 102. The highest BCUT2D eigenvalue weighted by Crippen LogP contribution is 2.40.